The number of amides is 4. The lowest BCUT2D eigenvalue weighted by molar-refractivity contribution is -0.135. The average Bonchev–Trinajstić information content (AvgIpc) is 3.16. The summed E-state index contributed by atoms with van der Waals surface area (Å²) in [7, 11) is 1.66. The number of hydrogen-bond acceptors (Lipinski definition) is 4. The van der Waals surface area contributed by atoms with E-state index in [0.717, 1.165) is 12.8 Å². The van der Waals surface area contributed by atoms with Crippen LogP contribution in [0.1, 0.15) is 47.0 Å². The topological polar surface area (TPSA) is 98.8 Å². The zero-order valence-corrected chi connectivity index (χ0v) is 17.7. The Bertz CT molecular complexity index is 603. The lowest BCUT2D eigenvalue weighted by Gasteiger charge is -2.30. The first kappa shape index (κ1) is 23.7. The van der Waals surface area contributed by atoms with Crippen molar-refractivity contribution in [2.45, 2.75) is 59.0 Å². The average molecular weight is 395 g/mol. The molecule has 8 heteroatoms. The molecule has 0 unspecified atom stereocenters. The summed E-state index contributed by atoms with van der Waals surface area (Å²) >= 11 is 0. The fraction of sp³-hybridized carbons (Fsp3) is 0.700. The molecule has 0 bridgehead atoms. The van der Waals surface area contributed by atoms with Gasteiger partial charge in [-0.1, -0.05) is 26.8 Å². The Morgan fingerprint density at radius 3 is 2.54 bits per heavy atom. The van der Waals surface area contributed by atoms with E-state index in [4.69, 9.17) is 0 Å². The van der Waals surface area contributed by atoms with Gasteiger partial charge in [0, 0.05) is 25.7 Å². The van der Waals surface area contributed by atoms with Crippen LogP contribution in [0.2, 0.25) is 0 Å². The largest absolute Gasteiger partial charge is 0.354 e. The van der Waals surface area contributed by atoms with Crippen molar-refractivity contribution in [2.75, 3.05) is 26.7 Å². The minimum Gasteiger partial charge on any atom is -0.354 e. The highest BCUT2D eigenvalue weighted by Gasteiger charge is 2.34. The summed E-state index contributed by atoms with van der Waals surface area (Å²) in [6.07, 6.45) is 4.58. The lowest BCUT2D eigenvalue weighted by atomic mass is 9.99. The first-order valence-electron chi connectivity index (χ1n) is 9.94. The maximum atomic E-state index is 13.0. The van der Waals surface area contributed by atoms with Gasteiger partial charge in [0.15, 0.2) is 0 Å². The van der Waals surface area contributed by atoms with E-state index >= 15 is 0 Å². The standard InChI is InChI=1S/C20H34N4O4/c1-6-9-22-19(27)16-8-7-10-24(16)20(28)15(4)11-17(14(2)3)23(5)18(26)12-21-13-25/h11,13-14,16-17H,6-10,12H2,1-5H3,(H,21,25)(H,22,27)/b15-11+/t16-,17+/m0/s1. The molecule has 0 aromatic rings. The normalized spacial score (nSPS) is 18.0. The van der Waals surface area contributed by atoms with Gasteiger partial charge in [0.1, 0.15) is 6.04 Å². The second-order valence-electron chi connectivity index (χ2n) is 7.54. The second kappa shape index (κ2) is 11.5. The molecular weight excluding hydrogens is 360 g/mol. The summed E-state index contributed by atoms with van der Waals surface area (Å²) in [6, 6.07) is -0.726. The Balaban J connectivity index is 2.92. The van der Waals surface area contributed by atoms with Gasteiger partial charge < -0.3 is 20.4 Å². The molecule has 0 spiro atoms. The summed E-state index contributed by atoms with van der Waals surface area (Å²) < 4.78 is 0. The first-order valence-corrected chi connectivity index (χ1v) is 9.94. The molecule has 8 nitrogen and oxygen atoms in total. The number of hydrogen-bond donors (Lipinski definition) is 2. The highest BCUT2D eigenvalue weighted by molar-refractivity contribution is 5.97. The third-order valence-corrected chi connectivity index (χ3v) is 4.98. The molecule has 2 N–H and O–H groups in total. The van der Waals surface area contributed by atoms with Gasteiger partial charge in [-0.15, -0.1) is 0 Å². The quantitative estimate of drug-likeness (QED) is 0.420. The number of likely N-dealkylation sites (N-methyl/N-ethyl adjacent to an activating group) is 1. The van der Waals surface area contributed by atoms with Gasteiger partial charge >= 0.3 is 0 Å². The molecule has 2 atom stereocenters. The molecule has 0 radical (unpaired) electrons. The van der Waals surface area contributed by atoms with Crippen LogP contribution in [0, 0.1) is 5.92 Å². The van der Waals surface area contributed by atoms with Crippen molar-refractivity contribution < 1.29 is 19.2 Å². The number of nitrogens with zero attached hydrogens (tertiary/aromatic N) is 2. The van der Waals surface area contributed by atoms with Crippen LogP contribution in [0.3, 0.4) is 0 Å². The molecule has 0 aliphatic carbocycles. The van der Waals surface area contributed by atoms with Crippen LogP contribution in [0.4, 0.5) is 0 Å². The number of carbonyl (C=O) groups excluding carboxylic acids is 4. The van der Waals surface area contributed by atoms with Crippen molar-refractivity contribution in [2.24, 2.45) is 5.92 Å². The van der Waals surface area contributed by atoms with Crippen molar-refractivity contribution in [1.29, 1.82) is 0 Å². The SMILES string of the molecule is CCCNC(=O)[C@@H]1CCCN1C(=O)/C(C)=C/[C@H](C(C)C)N(C)C(=O)CNC=O. The zero-order valence-electron chi connectivity index (χ0n) is 17.7. The molecular formula is C20H34N4O4. The first-order chi connectivity index (χ1) is 13.2. The Morgan fingerprint density at radius 2 is 1.96 bits per heavy atom. The van der Waals surface area contributed by atoms with Gasteiger partial charge in [-0.3, -0.25) is 19.2 Å². The Hall–Kier alpha value is -2.38. The molecule has 0 aromatic carbocycles. The van der Waals surface area contributed by atoms with E-state index in [1.165, 1.54) is 4.90 Å². The fourth-order valence-corrected chi connectivity index (χ4v) is 3.37. The minimum atomic E-state index is -0.434. The molecule has 1 aliphatic rings. The summed E-state index contributed by atoms with van der Waals surface area (Å²) in [5, 5.41) is 5.24. The van der Waals surface area contributed by atoms with Gasteiger partial charge in [0.25, 0.3) is 0 Å². The third kappa shape index (κ3) is 6.35. The highest BCUT2D eigenvalue weighted by atomic mass is 16.2. The molecule has 0 saturated carbocycles. The summed E-state index contributed by atoms with van der Waals surface area (Å²) in [4.78, 5) is 51.1. The van der Waals surface area contributed by atoms with Crippen molar-refractivity contribution in [3.63, 3.8) is 0 Å². The number of likely N-dealkylation sites (tertiary alicyclic amines) is 1. The van der Waals surface area contributed by atoms with E-state index in [2.05, 4.69) is 10.6 Å². The molecule has 1 rings (SSSR count). The van der Waals surface area contributed by atoms with Gasteiger partial charge in [-0.2, -0.15) is 0 Å². The maximum Gasteiger partial charge on any atom is 0.249 e. The van der Waals surface area contributed by atoms with Crippen LogP contribution >= 0.6 is 0 Å². The molecule has 0 aromatic heterocycles. The van der Waals surface area contributed by atoms with E-state index in [1.54, 1.807) is 24.9 Å². The van der Waals surface area contributed by atoms with Gasteiger partial charge in [-0.25, -0.2) is 0 Å². The van der Waals surface area contributed by atoms with Crippen LogP contribution in [0.25, 0.3) is 0 Å². The molecule has 1 saturated heterocycles. The van der Waals surface area contributed by atoms with Crippen LogP contribution < -0.4 is 10.6 Å². The molecule has 28 heavy (non-hydrogen) atoms. The summed E-state index contributed by atoms with van der Waals surface area (Å²) in [5.41, 5.74) is 0.511. The van der Waals surface area contributed by atoms with Crippen molar-refractivity contribution >= 4 is 24.1 Å². The van der Waals surface area contributed by atoms with Gasteiger partial charge in [0.2, 0.25) is 24.1 Å². The molecule has 1 aliphatic heterocycles. The van der Waals surface area contributed by atoms with Crippen molar-refractivity contribution in [3.05, 3.63) is 11.6 Å². The van der Waals surface area contributed by atoms with Crippen LogP contribution in [0.15, 0.2) is 11.6 Å². The van der Waals surface area contributed by atoms with E-state index in [0.29, 0.717) is 31.5 Å². The molecule has 1 fully saturated rings. The van der Waals surface area contributed by atoms with E-state index in [-0.39, 0.29) is 36.2 Å². The number of carbonyl (C=O) groups is 4. The summed E-state index contributed by atoms with van der Waals surface area (Å²) in [6.45, 7) is 8.70. The highest BCUT2D eigenvalue weighted by Crippen LogP contribution is 2.21. The molecule has 4 amide bonds. The number of nitrogens with one attached hydrogen (secondary N) is 2. The van der Waals surface area contributed by atoms with E-state index < -0.39 is 6.04 Å². The third-order valence-electron chi connectivity index (χ3n) is 4.98. The lowest BCUT2D eigenvalue weighted by Crippen LogP contribution is -2.47. The maximum absolute atomic E-state index is 13.0. The Morgan fingerprint density at radius 1 is 1.29 bits per heavy atom. The number of rotatable bonds is 10. The monoisotopic (exact) mass is 394 g/mol. The predicted octanol–water partition coefficient (Wildman–Crippen LogP) is 0.679. The van der Waals surface area contributed by atoms with Gasteiger partial charge in [-0.05, 0) is 32.1 Å². The minimum absolute atomic E-state index is 0.0789. The summed E-state index contributed by atoms with van der Waals surface area (Å²) in [5.74, 6) is -0.435. The van der Waals surface area contributed by atoms with E-state index in [9.17, 15) is 19.2 Å². The van der Waals surface area contributed by atoms with Crippen LogP contribution in [0.5, 0.6) is 0 Å². The smallest absolute Gasteiger partial charge is 0.249 e. The van der Waals surface area contributed by atoms with Gasteiger partial charge in [0.05, 0.1) is 12.6 Å². The van der Waals surface area contributed by atoms with Crippen molar-refractivity contribution in [3.8, 4) is 0 Å². The predicted molar refractivity (Wildman–Crippen MR) is 107 cm³/mol. The fourth-order valence-electron chi connectivity index (χ4n) is 3.37. The Kier molecular flexibility index (Phi) is 9.68. The van der Waals surface area contributed by atoms with Crippen LogP contribution in [-0.4, -0.2) is 72.7 Å². The van der Waals surface area contributed by atoms with Crippen LogP contribution in [-0.2, 0) is 19.2 Å². The van der Waals surface area contributed by atoms with Crippen molar-refractivity contribution in [1.82, 2.24) is 20.4 Å². The molecule has 158 valence electrons. The zero-order chi connectivity index (χ0) is 21.3. The Labute approximate surface area is 167 Å². The molecule has 1 heterocycles. The van der Waals surface area contributed by atoms with E-state index in [1.807, 2.05) is 20.8 Å². The second-order valence-corrected chi connectivity index (χ2v) is 7.54.